The SMILES string of the molecule is CN(C)C(=O)c1ccc2c(c1)CCC2. The van der Waals surface area contributed by atoms with Crippen molar-refractivity contribution in [3.05, 3.63) is 34.9 Å². The summed E-state index contributed by atoms with van der Waals surface area (Å²) in [6.45, 7) is 0. The minimum atomic E-state index is 0.0969. The van der Waals surface area contributed by atoms with Crippen LogP contribution in [0.4, 0.5) is 0 Å². The summed E-state index contributed by atoms with van der Waals surface area (Å²) in [6.07, 6.45) is 3.53. The fraction of sp³-hybridized carbons (Fsp3) is 0.417. The molecule has 0 unspecified atom stereocenters. The molecule has 1 amide bonds. The first-order chi connectivity index (χ1) is 6.68. The van der Waals surface area contributed by atoms with Crippen LogP contribution in [0.15, 0.2) is 18.2 Å². The van der Waals surface area contributed by atoms with E-state index in [1.807, 2.05) is 12.1 Å². The van der Waals surface area contributed by atoms with Gasteiger partial charge in [0, 0.05) is 19.7 Å². The number of nitrogens with zero attached hydrogens (tertiary/aromatic N) is 1. The molecule has 0 aromatic heterocycles. The Morgan fingerprint density at radius 1 is 1.21 bits per heavy atom. The van der Waals surface area contributed by atoms with Gasteiger partial charge in [0.05, 0.1) is 0 Å². The summed E-state index contributed by atoms with van der Waals surface area (Å²) in [5.41, 5.74) is 3.59. The van der Waals surface area contributed by atoms with Gasteiger partial charge >= 0.3 is 0 Å². The number of rotatable bonds is 1. The maximum Gasteiger partial charge on any atom is 0.253 e. The van der Waals surface area contributed by atoms with Gasteiger partial charge in [-0.3, -0.25) is 4.79 Å². The van der Waals surface area contributed by atoms with Crippen LogP contribution in [0.3, 0.4) is 0 Å². The zero-order chi connectivity index (χ0) is 10.1. The van der Waals surface area contributed by atoms with Crippen molar-refractivity contribution in [3.8, 4) is 0 Å². The lowest BCUT2D eigenvalue weighted by Gasteiger charge is -2.11. The molecule has 2 rings (SSSR count). The molecule has 0 bridgehead atoms. The molecule has 2 nitrogen and oxygen atoms in total. The van der Waals surface area contributed by atoms with Crippen molar-refractivity contribution >= 4 is 5.91 Å². The van der Waals surface area contributed by atoms with Crippen molar-refractivity contribution in [2.45, 2.75) is 19.3 Å². The normalized spacial score (nSPS) is 13.9. The maximum absolute atomic E-state index is 11.7. The molecule has 2 heteroatoms. The summed E-state index contributed by atoms with van der Waals surface area (Å²) < 4.78 is 0. The van der Waals surface area contributed by atoms with Gasteiger partial charge < -0.3 is 4.90 Å². The molecule has 0 aliphatic heterocycles. The van der Waals surface area contributed by atoms with Crippen LogP contribution in [0.5, 0.6) is 0 Å². The van der Waals surface area contributed by atoms with Gasteiger partial charge in [-0.15, -0.1) is 0 Å². The molecule has 0 spiro atoms. The Morgan fingerprint density at radius 3 is 2.64 bits per heavy atom. The van der Waals surface area contributed by atoms with Crippen molar-refractivity contribution in [3.63, 3.8) is 0 Å². The van der Waals surface area contributed by atoms with Gasteiger partial charge in [0.25, 0.3) is 5.91 Å². The smallest absolute Gasteiger partial charge is 0.253 e. The summed E-state index contributed by atoms with van der Waals surface area (Å²) in [7, 11) is 3.57. The van der Waals surface area contributed by atoms with E-state index >= 15 is 0 Å². The van der Waals surface area contributed by atoms with E-state index in [4.69, 9.17) is 0 Å². The van der Waals surface area contributed by atoms with Crippen LogP contribution < -0.4 is 0 Å². The monoisotopic (exact) mass is 189 g/mol. The Bertz CT molecular complexity index is 369. The number of amides is 1. The second kappa shape index (κ2) is 3.45. The fourth-order valence-corrected chi connectivity index (χ4v) is 1.96. The Labute approximate surface area is 84.5 Å². The van der Waals surface area contributed by atoms with Crippen LogP contribution >= 0.6 is 0 Å². The zero-order valence-electron chi connectivity index (χ0n) is 8.71. The molecule has 0 heterocycles. The minimum Gasteiger partial charge on any atom is -0.345 e. The van der Waals surface area contributed by atoms with E-state index in [0.717, 1.165) is 12.0 Å². The van der Waals surface area contributed by atoms with E-state index in [-0.39, 0.29) is 5.91 Å². The predicted octanol–water partition coefficient (Wildman–Crippen LogP) is 1.88. The highest BCUT2D eigenvalue weighted by atomic mass is 16.2. The molecule has 14 heavy (non-hydrogen) atoms. The van der Waals surface area contributed by atoms with Crippen LogP contribution in [0.1, 0.15) is 27.9 Å². The van der Waals surface area contributed by atoms with Crippen molar-refractivity contribution in [1.29, 1.82) is 0 Å². The summed E-state index contributed by atoms with van der Waals surface area (Å²) >= 11 is 0. The highest BCUT2D eigenvalue weighted by Gasteiger charge is 2.14. The number of hydrogen-bond donors (Lipinski definition) is 0. The molecule has 0 saturated carbocycles. The number of carbonyl (C=O) groups is 1. The lowest BCUT2D eigenvalue weighted by Crippen LogP contribution is -2.21. The van der Waals surface area contributed by atoms with Crippen LogP contribution in [0.2, 0.25) is 0 Å². The largest absolute Gasteiger partial charge is 0.345 e. The van der Waals surface area contributed by atoms with Gasteiger partial charge in [0.1, 0.15) is 0 Å². The van der Waals surface area contributed by atoms with E-state index in [1.165, 1.54) is 24.0 Å². The lowest BCUT2D eigenvalue weighted by atomic mass is 10.1. The first kappa shape index (κ1) is 9.25. The summed E-state index contributed by atoms with van der Waals surface area (Å²) in [4.78, 5) is 13.3. The number of hydrogen-bond acceptors (Lipinski definition) is 1. The summed E-state index contributed by atoms with van der Waals surface area (Å²) in [5, 5.41) is 0. The number of fused-ring (bicyclic) bond motifs is 1. The second-order valence-electron chi connectivity index (χ2n) is 4.04. The quantitative estimate of drug-likeness (QED) is 0.660. The number of benzene rings is 1. The van der Waals surface area contributed by atoms with Crippen molar-refractivity contribution in [1.82, 2.24) is 4.90 Å². The predicted molar refractivity (Wildman–Crippen MR) is 56.5 cm³/mol. The Morgan fingerprint density at radius 2 is 1.93 bits per heavy atom. The topological polar surface area (TPSA) is 20.3 Å². The lowest BCUT2D eigenvalue weighted by molar-refractivity contribution is 0.0827. The van der Waals surface area contributed by atoms with Gasteiger partial charge in [0.2, 0.25) is 0 Å². The minimum absolute atomic E-state index is 0.0969. The highest BCUT2D eigenvalue weighted by molar-refractivity contribution is 5.94. The van der Waals surface area contributed by atoms with Crippen molar-refractivity contribution < 1.29 is 4.79 Å². The number of carbonyl (C=O) groups excluding carboxylic acids is 1. The Balaban J connectivity index is 2.33. The van der Waals surface area contributed by atoms with E-state index in [9.17, 15) is 4.79 Å². The average molecular weight is 189 g/mol. The summed E-state index contributed by atoms with van der Waals surface area (Å²) in [5.74, 6) is 0.0969. The van der Waals surface area contributed by atoms with Gasteiger partial charge in [-0.1, -0.05) is 6.07 Å². The van der Waals surface area contributed by atoms with Gasteiger partial charge in [-0.2, -0.15) is 0 Å². The molecular formula is C12H15NO. The fourth-order valence-electron chi connectivity index (χ4n) is 1.96. The van der Waals surface area contributed by atoms with Crippen molar-refractivity contribution in [2.75, 3.05) is 14.1 Å². The number of aryl methyl sites for hydroxylation is 2. The van der Waals surface area contributed by atoms with E-state index < -0.39 is 0 Å². The third kappa shape index (κ3) is 1.52. The van der Waals surface area contributed by atoms with Crippen LogP contribution in [-0.2, 0) is 12.8 Å². The van der Waals surface area contributed by atoms with E-state index in [0.29, 0.717) is 0 Å². The molecule has 0 radical (unpaired) electrons. The van der Waals surface area contributed by atoms with Gasteiger partial charge in [0.15, 0.2) is 0 Å². The molecule has 0 fully saturated rings. The molecule has 1 aliphatic carbocycles. The Kier molecular flexibility index (Phi) is 2.28. The van der Waals surface area contributed by atoms with Crippen molar-refractivity contribution in [2.24, 2.45) is 0 Å². The first-order valence-corrected chi connectivity index (χ1v) is 5.02. The molecule has 74 valence electrons. The molecule has 0 atom stereocenters. The molecule has 0 N–H and O–H groups in total. The first-order valence-electron chi connectivity index (χ1n) is 5.02. The van der Waals surface area contributed by atoms with E-state index in [1.54, 1.807) is 19.0 Å². The molecule has 1 aliphatic rings. The Hall–Kier alpha value is -1.31. The standard InChI is InChI=1S/C12H15NO/c1-13(2)12(14)11-7-6-9-4-3-5-10(9)8-11/h6-8H,3-5H2,1-2H3. The maximum atomic E-state index is 11.7. The second-order valence-corrected chi connectivity index (χ2v) is 4.04. The third-order valence-corrected chi connectivity index (χ3v) is 2.75. The highest BCUT2D eigenvalue weighted by Crippen LogP contribution is 2.23. The van der Waals surface area contributed by atoms with Crippen LogP contribution in [-0.4, -0.2) is 24.9 Å². The molecular weight excluding hydrogens is 174 g/mol. The average Bonchev–Trinajstić information content (AvgIpc) is 2.62. The van der Waals surface area contributed by atoms with Gasteiger partial charge in [-0.25, -0.2) is 0 Å². The van der Waals surface area contributed by atoms with Crippen LogP contribution in [0.25, 0.3) is 0 Å². The van der Waals surface area contributed by atoms with E-state index in [2.05, 4.69) is 6.07 Å². The molecule has 1 aromatic rings. The van der Waals surface area contributed by atoms with Gasteiger partial charge in [-0.05, 0) is 42.5 Å². The molecule has 1 aromatic carbocycles. The van der Waals surface area contributed by atoms with Crippen LogP contribution in [0, 0.1) is 0 Å². The molecule has 0 saturated heterocycles. The summed E-state index contributed by atoms with van der Waals surface area (Å²) in [6, 6.07) is 6.08. The third-order valence-electron chi connectivity index (χ3n) is 2.75. The zero-order valence-corrected chi connectivity index (χ0v) is 8.71.